The maximum absolute atomic E-state index is 12.6. The van der Waals surface area contributed by atoms with E-state index in [1.807, 2.05) is 51.7 Å². The van der Waals surface area contributed by atoms with Gasteiger partial charge in [0.25, 0.3) is 0 Å². The van der Waals surface area contributed by atoms with E-state index < -0.39 is 0 Å². The van der Waals surface area contributed by atoms with Crippen LogP contribution in [0.15, 0.2) is 18.2 Å². The van der Waals surface area contributed by atoms with E-state index in [9.17, 15) is 4.79 Å². The van der Waals surface area contributed by atoms with Crippen LogP contribution in [0, 0.1) is 20.8 Å². The fourth-order valence-electron chi connectivity index (χ4n) is 2.73. The number of amides is 1. The van der Waals surface area contributed by atoms with Gasteiger partial charge in [-0.05, 0) is 26.8 Å². The van der Waals surface area contributed by atoms with Crippen molar-refractivity contribution in [1.29, 1.82) is 0 Å². The average Bonchev–Trinajstić information content (AvgIpc) is 2.73. The van der Waals surface area contributed by atoms with Crippen LogP contribution in [0.1, 0.15) is 28.1 Å². The van der Waals surface area contributed by atoms with Crippen molar-refractivity contribution in [2.24, 2.45) is 7.05 Å². The largest absolute Gasteiger partial charge is 0.496 e. The Morgan fingerprint density at radius 1 is 1.30 bits per heavy atom. The van der Waals surface area contributed by atoms with Crippen molar-refractivity contribution in [2.75, 3.05) is 14.2 Å². The number of hydrogen-bond acceptors (Lipinski definition) is 3. The molecule has 0 radical (unpaired) electrons. The first-order valence-corrected chi connectivity index (χ1v) is 7.70. The molecule has 1 amide bonds. The number of carbonyl (C=O) groups excluding carboxylic acids is 1. The highest BCUT2D eigenvalue weighted by Crippen LogP contribution is 2.21. The Balaban J connectivity index is 2.13. The van der Waals surface area contributed by atoms with Crippen LogP contribution >= 0.6 is 0 Å². The standard InChI is InChI=1S/C18H25N3O2/c1-12-7-8-17(23-6)15(9-12)11-20(4)18(22)10-16-13(2)19-21(5)14(16)3/h7-9H,10-11H2,1-6H3. The molecule has 124 valence electrons. The number of hydrogen-bond donors (Lipinski definition) is 0. The average molecular weight is 315 g/mol. The van der Waals surface area contributed by atoms with E-state index >= 15 is 0 Å². The van der Waals surface area contributed by atoms with Gasteiger partial charge in [0.05, 0.1) is 19.2 Å². The van der Waals surface area contributed by atoms with E-state index in [4.69, 9.17) is 4.74 Å². The highest BCUT2D eigenvalue weighted by atomic mass is 16.5. The fraction of sp³-hybridized carbons (Fsp3) is 0.444. The molecule has 0 aliphatic carbocycles. The Morgan fingerprint density at radius 3 is 2.57 bits per heavy atom. The predicted octanol–water partition coefficient (Wildman–Crippen LogP) is 2.56. The Hall–Kier alpha value is -2.30. The normalized spacial score (nSPS) is 10.7. The third-order valence-corrected chi connectivity index (χ3v) is 4.26. The van der Waals surface area contributed by atoms with E-state index in [1.165, 1.54) is 0 Å². The zero-order valence-electron chi connectivity index (χ0n) is 14.8. The van der Waals surface area contributed by atoms with Crippen LogP contribution in [0.3, 0.4) is 0 Å². The van der Waals surface area contributed by atoms with Crippen molar-refractivity contribution in [1.82, 2.24) is 14.7 Å². The maximum Gasteiger partial charge on any atom is 0.227 e. The number of nitrogens with zero attached hydrogens (tertiary/aromatic N) is 3. The third-order valence-electron chi connectivity index (χ3n) is 4.26. The number of aromatic nitrogens is 2. The number of ether oxygens (including phenoxy) is 1. The van der Waals surface area contributed by atoms with Gasteiger partial charge in [0, 0.05) is 37.5 Å². The lowest BCUT2D eigenvalue weighted by molar-refractivity contribution is -0.129. The Morgan fingerprint density at radius 2 is 2.00 bits per heavy atom. The first kappa shape index (κ1) is 17.1. The van der Waals surface area contributed by atoms with E-state index in [2.05, 4.69) is 11.2 Å². The molecular formula is C18H25N3O2. The van der Waals surface area contributed by atoms with Crippen molar-refractivity contribution in [3.63, 3.8) is 0 Å². The fourth-order valence-corrected chi connectivity index (χ4v) is 2.73. The first-order chi connectivity index (χ1) is 10.8. The smallest absolute Gasteiger partial charge is 0.227 e. The first-order valence-electron chi connectivity index (χ1n) is 7.70. The van der Waals surface area contributed by atoms with Gasteiger partial charge in [-0.3, -0.25) is 9.48 Å². The number of rotatable bonds is 5. The van der Waals surface area contributed by atoms with Gasteiger partial charge in [-0.15, -0.1) is 0 Å². The molecule has 0 unspecified atom stereocenters. The SMILES string of the molecule is COc1ccc(C)cc1CN(C)C(=O)Cc1c(C)nn(C)c1C. The molecule has 0 aliphatic heterocycles. The monoisotopic (exact) mass is 315 g/mol. The molecule has 0 atom stereocenters. The van der Waals surface area contributed by atoms with Crippen molar-refractivity contribution in [3.8, 4) is 5.75 Å². The third kappa shape index (κ3) is 3.73. The van der Waals surface area contributed by atoms with Crippen LogP contribution in [-0.4, -0.2) is 34.7 Å². The van der Waals surface area contributed by atoms with Gasteiger partial charge < -0.3 is 9.64 Å². The highest BCUT2D eigenvalue weighted by Gasteiger charge is 2.17. The van der Waals surface area contributed by atoms with Gasteiger partial charge in [-0.25, -0.2) is 0 Å². The maximum atomic E-state index is 12.6. The lowest BCUT2D eigenvalue weighted by Gasteiger charge is -2.19. The van der Waals surface area contributed by atoms with E-state index in [-0.39, 0.29) is 5.91 Å². The second-order valence-corrected chi connectivity index (χ2v) is 6.01. The van der Waals surface area contributed by atoms with Crippen molar-refractivity contribution >= 4 is 5.91 Å². The van der Waals surface area contributed by atoms with Crippen LogP contribution < -0.4 is 4.74 Å². The Bertz CT molecular complexity index is 719. The second-order valence-electron chi connectivity index (χ2n) is 6.01. The van der Waals surface area contributed by atoms with Crippen LogP contribution in [0.5, 0.6) is 5.75 Å². The summed E-state index contributed by atoms with van der Waals surface area (Å²) in [5.41, 5.74) is 5.14. The molecule has 2 rings (SSSR count). The number of likely N-dealkylation sites (N-methyl/N-ethyl adjacent to an activating group) is 1. The lowest BCUT2D eigenvalue weighted by atomic mass is 10.1. The molecule has 0 bridgehead atoms. The van der Waals surface area contributed by atoms with E-state index in [1.54, 1.807) is 12.0 Å². The van der Waals surface area contributed by atoms with Gasteiger partial charge in [0.1, 0.15) is 5.75 Å². The minimum absolute atomic E-state index is 0.0766. The molecule has 23 heavy (non-hydrogen) atoms. The predicted molar refractivity (Wildman–Crippen MR) is 90.6 cm³/mol. The molecule has 1 aromatic heterocycles. The van der Waals surface area contributed by atoms with E-state index in [0.29, 0.717) is 13.0 Å². The molecule has 0 N–H and O–H groups in total. The summed E-state index contributed by atoms with van der Waals surface area (Å²) in [5, 5.41) is 4.37. The van der Waals surface area contributed by atoms with Crippen LogP contribution in [0.4, 0.5) is 0 Å². The number of aryl methyl sites for hydroxylation is 3. The van der Waals surface area contributed by atoms with Gasteiger partial charge in [-0.1, -0.05) is 17.7 Å². The quantitative estimate of drug-likeness (QED) is 0.852. The van der Waals surface area contributed by atoms with Crippen molar-refractivity contribution in [2.45, 2.75) is 33.7 Å². The zero-order valence-corrected chi connectivity index (χ0v) is 14.8. The van der Waals surface area contributed by atoms with Crippen molar-refractivity contribution < 1.29 is 9.53 Å². The molecule has 0 fully saturated rings. The minimum atomic E-state index is 0.0766. The summed E-state index contributed by atoms with van der Waals surface area (Å²) >= 11 is 0. The second kappa shape index (κ2) is 6.86. The summed E-state index contributed by atoms with van der Waals surface area (Å²) in [6.07, 6.45) is 0.371. The number of carbonyl (C=O) groups is 1. The molecule has 5 nitrogen and oxygen atoms in total. The van der Waals surface area contributed by atoms with Crippen molar-refractivity contribution in [3.05, 3.63) is 46.3 Å². The molecule has 0 saturated carbocycles. The van der Waals surface area contributed by atoms with Crippen LogP contribution in [0.2, 0.25) is 0 Å². The lowest BCUT2D eigenvalue weighted by Crippen LogP contribution is -2.28. The molecule has 1 heterocycles. The summed E-state index contributed by atoms with van der Waals surface area (Å²) in [5.74, 6) is 0.886. The summed E-state index contributed by atoms with van der Waals surface area (Å²) in [6.45, 7) is 6.50. The topological polar surface area (TPSA) is 47.4 Å². The summed E-state index contributed by atoms with van der Waals surface area (Å²) in [7, 11) is 5.38. The van der Waals surface area contributed by atoms with Gasteiger partial charge in [0.15, 0.2) is 0 Å². The zero-order chi connectivity index (χ0) is 17.1. The molecular weight excluding hydrogens is 290 g/mol. The summed E-state index contributed by atoms with van der Waals surface area (Å²) in [4.78, 5) is 14.3. The summed E-state index contributed by atoms with van der Waals surface area (Å²) in [6, 6.07) is 6.01. The minimum Gasteiger partial charge on any atom is -0.496 e. The Kier molecular flexibility index (Phi) is 5.08. The molecule has 0 spiro atoms. The van der Waals surface area contributed by atoms with Crippen LogP contribution in [0.25, 0.3) is 0 Å². The molecule has 0 saturated heterocycles. The number of benzene rings is 1. The van der Waals surface area contributed by atoms with E-state index in [0.717, 1.165) is 33.8 Å². The number of methoxy groups -OCH3 is 1. The van der Waals surface area contributed by atoms with Gasteiger partial charge >= 0.3 is 0 Å². The van der Waals surface area contributed by atoms with Gasteiger partial charge in [0.2, 0.25) is 5.91 Å². The summed E-state index contributed by atoms with van der Waals surface area (Å²) < 4.78 is 7.21. The molecule has 5 heteroatoms. The van der Waals surface area contributed by atoms with Gasteiger partial charge in [-0.2, -0.15) is 5.10 Å². The molecule has 0 aliphatic rings. The molecule has 1 aromatic carbocycles. The Labute approximate surface area is 137 Å². The molecule has 2 aromatic rings. The van der Waals surface area contributed by atoms with Crippen LogP contribution in [-0.2, 0) is 24.8 Å². The highest BCUT2D eigenvalue weighted by molar-refractivity contribution is 5.79.